The van der Waals surface area contributed by atoms with Gasteiger partial charge in [0.1, 0.15) is 5.75 Å². The Hall–Kier alpha value is -1.96. The molecule has 2 aromatic rings. The number of ether oxygens (including phenoxy) is 1. The fourth-order valence-electron chi connectivity index (χ4n) is 2.36. The van der Waals surface area contributed by atoms with Gasteiger partial charge in [-0.1, -0.05) is 43.2 Å². The Kier molecular flexibility index (Phi) is 5.68. The second kappa shape index (κ2) is 7.72. The Labute approximate surface area is 128 Å². The highest BCUT2D eigenvalue weighted by molar-refractivity contribution is 5.49. The van der Waals surface area contributed by atoms with Gasteiger partial charge in [-0.15, -0.1) is 0 Å². The maximum atomic E-state index is 5.24. The molecule has 0 atom stereocenters. The van der Waals surface area contributed by atoms with Crippen molar-refractivity contribution in [2.75, 3.05) is 18.6 Å². The predicted octanol–water partition coefficient (Wildman–Crippen LogP) is 4.81. The molecule has 0 saturated heterocycles. The van der Waals surface area contributed by atoms with Crippen LogP contribution in [0, 0.1) is 6.92 Å². The molecule has 0 aliphatic rings. The molecule has 0 unspecified atom stereocenters. The van der Waals surface area contributed by atoms with Gasteiger partial charge in [-0.2, -0.15) is 0 Å². The van der Waals surface area contributed by atoms with Gasteiger partial charge < -0.3 is 9.64 Å². The molecule has 0 spiro atoms. The van der Waals surface area contributed by atoms with Crippen molar-refractivity contribution in [3.8, 4) is 5.75 Å². The molecule has 2 rings (SSSR count). The molecular weight excluding hydrogens is 258 g/mol. The predicted molar refractivity (Wildman–Crippen MR) is 90.1 cm³/mol. The maximum absolute atomic E-state index is 5.24. The maximum Gasteiger partial charge on any atom is 0.119 e. The van der Waals surface area contributed by atoms with Gasteiger partial charge in [0.05, 0.1) is 7.11 Å². The molecule has 0 N–H and O–H groups in total. The second-order valence-corrected chi connectivity index (χ2v) is 5.46. The van der Waals surface area contributed by atoms with E-state index in [9.17, 15) is 0 Å². The Balaban J connectivity index is 2.14. The van der Waals surface area contributed by atoms with E-state index in [1.807, 2.05) is 12.1 Å². The molecule has 0 fully saturated rings. The summed E-state index contributed by atoms with van der Waals surface area (Å²) in [7, 11) is 1.70. The van der Waals surface area contributed by atoms with Crippen LogP contribution in [-0.2, 0) is 6.54 Å². The van der Waals surface area contributed by atoms with Crippen LogP contribution in [0.15, 0.2) is 48.5 Å². The Morgan fingerprint density at radius 1 is 0.952 bits per heavy atom. The SMILES string of the molecule is CCCCN(Cc1ccc(C)cc1)c1ccc(OC)cc1. The van der Waals surface area contributed by atoms with Crippen molar-refractivity contribution in [3.63, 3.8) is 0 Å². The van der Waals surface area contributed by atoms with Crippen molar-refractivity contribution in [2.24, 2.45) is 0 Å². The summed E-state index contributed by atoms with van der Waals surface area (Å²) in [4.78, 5) is 2.44. The third kappa shape index (κ3) is 4.52. The Bertz CT molecular complexity index is 530. The first-order valence-corrected chi connectivity index (χ1v) is 7.67. The largest absolute Gasteiger partial charge is 0.497 e. The van der Waals surface area contributed by atoms with Crippen LogP contribution in [0.5, 0.6) is 5.75 Å². The van der Waals surface area contributed by atoms with Crippen molar-refractivity contribution in [2.45, 2.75) is 33.2 Å². The first-order valence-electron chi connectivity index (χ1n) is 7.67. The van der Waals surface area contributed by atoms with Crippen LogP contribution in [-0.4, -0.2) is 13.7 Å². The van der Waals surface area contributed by atoms with Crippen LogP contribution in [0.4, 0.5) is 5.69 Å². The standard InChI is InChI=1S/C19H25NO/c1-4-5-14-20(15-17-8-6-16(2)7-9-17)18-10-12-19(21-3)13-11-18/h6-13H,4-5,14-15H2,1-3H3. The van der Waals surface area contributed by atoms with Gasteiger partial charge in [0.25, 0.3) is 0 Å². The number of nitrogens with zero attached hydrogens (tertiary/aromatic N) is 1. The van der Waals surface area contributed by atoms with Crippen LogP contribution >= 0.6 is 0 Å². The molecule has 0 heterocycles. The van der Waals surface area contributed by atoms with E-state index in [2.05, 4.69) is 55.1 Å². The molecule has 0 saturated carbocycles. The van der Waals surface area contributed by atoms with E-state index in [0.717, 1.165) is 18.8 Å². The zero-order valence-corrected chi connectivity index (χ0v) is 13.3. The molecule has 0 amide bonds. The highest BCUT2D eigenvalue weighted by Crippen LogP contribution is 2.21. The van der Waals surface area contributed by atoms with Crippen molar-refractivity contribution < 1.29 is 4.74 Å². The lowest BCUT2D eigenvalue weighted by Crippen LogP contribution is -2.23. The number of aryl methyl sites for hydroxylation is 1. The average molecular weight is 283 g/mol. The van der Waals surface area contributed by atoms with Gasteiger partial charge in [-0.05, 0) is 43.2 Å². The second-order valence-electron chi connectivity index (χ2n) is 5.46. The van der Waals surface area contributed by atoms with E-state index in [4.69, 9.17) is 4.74 Å². The molecule has 21 heavy (non-hydrogen) atoms. The average Bonchev–Trinajstić information content (AvgIpc) is 2.53. The van der Waals surface area contributed by atoms with Gasteiger partial charge in [0.2, 0.25) is 0 Å². The van der Waals surface area contributed by atoms with Gasteiger partial charge in [-0.3, -0.25) is 0 Å². The summed E-state index contributed by atoms with van der Waals surface area (Å²) in [6.45, 7) is 6.39. The van der Waals surface area contributed by atoms with Crippen LogP contribution in [0.2, 0.25) is 0 Å². The third-order valence-corrected chi connectivity index (χ3v) is 3.71. The van der Waals surface area contributed by atoms with E-state index in [1.165, 1.54) is 29.7 Å². The summed E-state index contributed by atoms with van der Waals surface area (Å²) in [5, 5.41) is 0. The zero-order valence-electron chi connectivity index (χ0n) is 13.3. The Morgan fingerprint density at radius 2 is 1.62 bits per heavy atom. The van der Waals surface area contributed by atoms with E-state index in [0.29, 0.717) is 0 Å². The lowest BCUT2D eigenvalue weighted by Gasteiger charge is -2.25. The smallest absolute Gasteiger partial charge is 0.119 e. The molecule has 0 aliphatic carbocycles. The molecule has 2 nitrogen and oxygen atoms in total. The molecule has 0 bridgehead atoms. The molecule has 0 aliphatic heterocycles. The normalized spacial score (nSPS) is 10.4. The van der Waals surface area contributed by atoms with Crippen LogP contribution in [0.3, 0.4) is 0 Å². The number of methoxy groups -OCH3 is 1. The summed E-state index contributed by atoms with van der Waals surface area (Å²) in [6, 6.07) is 17.1. The minimum atomic E-state index is 0.907. The molecule has 2 heteroatoms. The van der Waals surface area contributed by atoms with Gasteiger partial charge in [-0.25, -0.2) is 0 Å². The summed E-state index contributed by atoms with van der Waals surface area (Å²) >= 11 is 0. The van der Waals surface area contributed by atoms with Crippen LogP contribution in [0.25, 0.3) is 0 Å². The van der Waals surface area contributed by atoms with E-state index >= 15 is 0 Å². The monoisotopic (exact) mass is 283 g/mol. The van der Waals surface area contributed by atoms with Crippen molar-refractivity contribution in [1.29, 1.82) is 0 Å². The van der Waals surface area contributed by atoms with E-state index < -0.39 is 0 Å². The van der Waals surface area contributed by atoms with Crippen molar-refractivity contribution in [1.82, 2.24) is 0 Å². The topological polar surface area (TPSA) is 12.5 Å². The lowest BCUT2D eigenvalue weighted by molar-refractivity contribution is 0.415. The van der Waals surface area contributed by atoms with Gasteiger partial charge in [0, 0.05) is 18.8 Å². The van der Waals surface area contributed by atoms with Crippen LogP contribution < -0.4 is 9.64 Å². The highest BCUT2D eigenvalue weighted by atomic mass is 16.5. The number of benzene rings is 2. The third-order valence-electron chi connectivity index (χ3n) is 3.71. The molecule has 112 valence electrons. The summed E-state index contributed by atoms with van der Waals surface area (Å²) in [5.41, 5.74) is 3.92. The van der Waals surface area contributed by atoms with Crippen molar-refractivity contribution in [3.05, 3.63) is 59.7 Å². The fraction of sp³-hybridized carbons (Fsp3) is 0.368. The molecule has 0 radical (unpaired) electrons. The van der Waals surface area contributed by atoms with Crippen LogP contribution in [0.1, 0.15) is 30.9 Å². The van der Waals surface area contributed by atoms with Crippen molar-refractivity contribution >= 4 is 5.69 Å². The molecular formula is C19H25NO. The quantitative estimate of drug-likeness (QED) is 0.723. The molecule has 2 aromatic carbocycles. The first kappa shape index (κ1) is 15.4. The minimum Gasteiger partial charge on any atom is -0.497 e. The summed E-state index contributed by atoms with van der Waals surface area (Å²) in [5.74, 6) is 0.907. The Morgan fingerprint density at radius 3 is 2.19 bits per heavy atom. The first-order chi connectivity index (χ1) is 10.2. The lowest BCUT2D eigenvalue weighted by atomic mass is 10.1. The molecule has 0 aromatic heterocycles. The number of hydrogen-bond acceptors (Lipinski definition) is 2. The highest BCUT2D eigenvalue weighted by Gasteiger charge is 2.07. The fourth-order valence-corrected chi connectivity index (χ4v) is 2.36. The number of hydrogen-bond donors (Lipinski definition) is 0. The van der Waals surface area contributed by atoms with E-state index in [-0.39, 0.29) is 0 Å². The zero-order chi connectivity index (χ0) is 15.1. The number of unbranched alkanes of at least 4 members (excludes halogenated alkanes) is 1. The number of rotatable bonds is 7. The van der Waals surface area contributed by atoms with Gasteiger partial charge in [0.15, 0.2) is 0 Å². The number of anilines is 1. The summed E-state index contributed by atoms with van der Waals surface area (Å²) in [6.07, 6.45) is 2.42. The summed E-state index contributed by atoms with van der Waals surface area (Å²) < 4.78 is 5.24. The minimum absolute atomic E-state index is 0.907. The van der Waals surface area contributed by atoms with Gasteiger partial charge >= 0.3 is 0 Å². The van der Waals surface area contributed by atoms with E-state index in [1.54, 1.807) is 7.11 Å².